The number of nitrogens with one attached hydrogen (secondary N) is 1. The number of amides is 2. The van der Waals surface area contributed by atoms with Gasteiger partial charge in [-0.25, -0.2) is 0 Å². The monoisotopic (exact) mass is 424 g/mol. The Labute approximate surface area is 184 Å². The maximum Gasteiger partial charge on any atom is 0.247 e. The highest BCUT2D eigenvalue weighted by Crippen LogP contribution is 2.26. The van der Waals surface area contributed by atoms with Crippen LogP contribution >= 0.6 is 0 Å². The Morgan fingerprint density at radius 2 is 1.81 bits per heavy atom. The predicted octanol–water partition coefficient (Wildman–Crippen LogP) is 3.61. The quantitative estimate of drug-likeness (QED) is 0.560. The van der Waals surface area contributed by atoms with Gasteiger partial charge in [-0.05, 0) is 36.5 Å². The third kappa shape index (κ3) is 6.91. The summed E-state index contributed by atoms with van der Waals surface area (Å²) in [4.78, 5) is 27.4. The molecule has 0 saturated carbocycles. The molecule has 6 nitrogen and oxygen atoms in total. The van der Waals surface area contributed by atoms with Crippen molar-refractivity contribution in [3.05, 3.63) is 71.3 Å². The fraction of sp³-hybridized carbons (Fsp3) is 0.440. The van der Waals surface area contributed by atoms with E-state index >= 15 is 0 Å². The molecule has 1 aliphatic rings. The minimum Gasteiger partial charge on any atom is -0.379 e. The first kappa shape index (κ1) is 23.0. The largest absolute Gasteiger partial charge is 0.379 e. The molecule has 1 unspecified atom stereocenters. The average Bonchev–Trinajstić information content (AvgIpc) is 2.80. The van der Waals surface area contributed by atoms with Gasteiger partial charge in [0.15, 0.2) is 0 Å². The first-order valence-corrected chi connectivity index (χ1v) is 11.0. The molecule has 2 aromatic carbocycles. The summed E-state index contributed by atoms with van der Waals surface area (Å²) >= 11 is 0. The van der Waals surface area contributed by atoms with Crippen molar-refractivity contribution in [3.63, 3.8) is 0 Å². The Balaban J connectivity index is 1.62. The molecule has 1 N–H and O–H groups in total. The smallest absolute Gasteiger partial charge is 0.247 e. The maximum atomic E-state index is 13.2. The van der Waals surface area contributed by atoms with Crippen molar-refractivity contribution in [1.82, 2.24) is 10.2 Å². The molecule has 1 saturated heterocycles. The number of ether oxygens (including phenoxy) is 2. The molecule has 166 valence electrons. The summed E-state index contributed by atoms with van der Waals surface area (Å²) in [5, 5.41) is 3.03. The SMILES string of the molecule is CCOCCOCc1cccc(CNC(=O)C(c2ccccc2)N2CCCCC2=O)c1. The fourth-order valence-electron chi connectivity index (χ4n) is 3.78. The standard InChI is InChI=1S/C25H32N2O4/c1-2-30-15-16-31-19-21-10-8-9-20(17-21)18-26-25(29)24(22-11-4-3-5-12-22)27-14-7-6-13-23(27)28/h3-5,8-12,17,24H,2,6-7,13-16,18-19H2,1H3,(H,26,29). The van der Waals surface area contributed by atoms with E-state index in [4.69, 9.17) is 9.47 Å². The van der Waals surface area contributed by atoms with Crippen molar-refractivity contribution in [3.8, 4) is 0 Å². The molecule has 0 bridgehead atoms. The Kier molecular flexibility index (Phi) is 9.06. The molecule has 2 amide bonds. The van der Waals surface area contributed by atoms with Crippen LogP contribution in [0.3, 0.4) is 0 Å². The number of nitrogens with zero attached hydrogens (tertiary/aromatic N) is 1. The van der Waals surface area contributed by atoms with Gasteiger partial charge in [0.1, 0.15) is 6.04 Å². The second kappa shape index (κ2) is 12.2. The zero-order valence-corrected chi connectivity index (χ0v) is 18.2. The van der Waals surface area contributed by atoms with Gasteiger partial charge in [0.25, 0.3) is 0 Å². The van der Waals surface area contributed by atoms with Gasteiger partial charge >= 0.3 is 0 Å². The number of carbonyl (C=O) groups is 2. The summed E-state index contributed by atoms with van der Waals surface area (Å²) in [6.07, 6.45) is 2.31. The highest BCUT2D eigenvalue weighted by Gasteiger charge is 2.32. The predicted molar refractivity (Wildman–Crippen MR) is 119 cm³/mol. The van der Waals surface area contributed by atoms with Crippen LogP contribution in [0.4, 0.5) is 0 Å². The van der Waals surface area contributed by atoms with Crippen molar-refractivity contribution < 1.29 is 19.1 Å². The lowest BCUT2D eigenvalue weighted by Gasteiger charge is -2.34. The van der Waals surface area contributed by atoms with Crippen LogP contribution in [0.25, 0.3) is 0 Å². The molecule has 31 heavy (non-hydrogen) atoms. The first-order valence-electron chi connectivity index (χ1n) is 11.0. The van der Waals surface area contributed by atoms with Gasteiger partial charge in [0, 0.05) is 26.1 Å². The number of hydrogen-bond acceptors (Lipinski definition) is 4. The van der Waals surface area contributed by atoms with Gasteiger partial charge in [0.05, 0.1) is 19.8 Å². The Hall–Kier alpha value is -2.70. The summed E-state index contributed by atoms with van der Waals surface area (Å²) < 4.78 is 10.9. The lowest BCUT2D eigenvalue weighted by atomic mass is 10.0. The van der Waals surface area contributed by atoms with E-state index in [0.29, 0.717) is 45.9 Å². The summed E-state index contributed by atoms with van der Waals surface area (Å²) in [7, 11) is 0. The van der Waals surface area contributed by atoms with Crippen molar-refractivity contribution in [2.75, 3.05) is 26.4 Å². The number of hydrogen-bond donors (Lipinski definition) is 1. The van der Waals surface area contributed by atoms with E-state index in [2.05, 4.69) is 5.32 Å². The molecule has 0 aromatic heterocycles. The van der Waals surface area contributed by atoms with Gasteiger partial charge < -0.3 is 19.7 Å². The van der Waals surface area contributed by atoms with E-state index in [0.717, 1.165) is 29.5 Å². The van der Waals surface area contributed by atoms with Gasteiger partial charge in [0.2, 0.25) is 11.8 Å². The summed E-state index contributed by atoms with van der Waals surface area (Å²) in [6.45, 7) is 5.30. The molecule has 6 heteroatoms. The fourth-order valence-corrected chi connectivity index (χ4v) is 3.78. The summed E-state index contributed by atoms with van der Waals surface area (Å²) in [5.74, 6) is -0.110. The number of likely N-dealkylation sites (tertiary alicyclic amines) is 1. The number of piperidine rings is 1. The van der Waals surface area contributed by atoms with E-state index < -0.39 is 6.04 Å². The van der Waals surface area contributed by atoms with Crippen molar-refractivity contribution in [1.29, 1.82) is 0 Å². The van der Waals surface area contributed by atoms with Crippen LogP contribution < -0.4 is 5.32 Å². The molecule has 1 atom stereocenters. The van der Waals surface area contributed by atoms with Crippen molar-refractivity contribution in [2.24, 2.45) is 0 Å². The van der Waals surface area contributed by atoms with Crippen molar-refractivity contribution >= 4 is 11.8 Å². The highest BCUT2D eigenvalue weighted by atomic mass is 16.5. The van der Waals surface area contributed by atoms with Gasteiger partial charge in [-0.3, -0.25) is 9.59 Å². The van der Waals surface area contributed by atoms with E-state index in [9.17, 15) is 9.59 Å². The molecule has 2 aromatic rings. The van der Waals surface area contributed by atoms with Gasteiger partial charge in [-0.2, -0.15) is 0 Å². The molecule has 1 aliphatic heterocycles. The van der Waals surface area contributed by atoms with Crippen LogP contribution in [0.1, 0.15) is 48.9 Å². The maximum absolute atomic E-state index is 13.2. The lowest BCUT2D eigenvalue weighted by Crippen LogP contribution is -2.45. The van der Waals surface area contributed by atoms with E-state index in [1.807, 2.05) is 61.5 Å². The lowest BCUT2D eigenvalue weighted by molar-refractivity contribution is -0.142. The second-order valence-electron chi connectivity index (χ2n) is 7.64. The average molecular weight is 425 g/mol. The van der Waals surface area contributed by atoms with Crippen LogP contribution in [-0.2, 0) is 32.2 Å². The Morgan fingerprint density at radius 3 is 2.58 bits per heavy atom. The third-order valence-electron chi connectivity index (χ3n) is 5.34. The molecule has 1 fully saturated rings. The van der Waals surface area contributed by atoms with E-state index in [1.165, 1.54) is 0 Å². The summed E-state index contributed by atoms with van der Waals surface area (Å²) in [5.41, 5.74) is 2.89. The van der Waals surface area contributed by atoms with Crippen LogP contribution in [0.15, 0.2) is 54.6 Å². The number of benzene rings is 2. The van der Waals surface area contributed by atoms with E-state index in [-0.39, 0.29) is 11.8 Å². The van der Waals surface area contributed by atoms with Crippen molar-refractivity contribution in [2.45, 2.75) is 45.4 Å². The first-order chi connectivity index (χ1) is 15.2. The molecule has 0 spiro atoms. The van der Waals surface area contributed by atoms with E-state index in [1.54, 1.807) is 4.90 Å². The van der Waals surface area contributed by atoms with Gasteiger partial charge in [-0.1, -0.05) is 54.6 Å². The zero-order valence-electron chi connectivity index (χ0n) is 18.2. The van der Waals surface area contributed by atoms with Gasteiger partial charge in [-0.15, -0.1) is 0 Å². The normalized spacial score (nSPS) is 15.0. The highest BCUT2D eigenvalue weighted by molar-refractivity contribution is 5.89. The third-order valence-corrected chi connectivity index (χ3v) is 5.34. The molecule has 0 radical (unpaired) electrons. The molecule has 0 aliphatic carbocycles. The molecule has 3 rings (SSSR count). The molecule has 1 heterocycles. The molecular weight excluding hydrogens is 392 g/mol. The van der Waals surface area contributed by atoms with Crippen LogP contribution in [0, 0.1) is 0 Å². The minimum absolute atomic E-state index is 0.0430. The van der Waals surface area contributed by atoms with Crippen LogP contribution in [0.5, 0.6) is 0 Å². The topological polar surface area (TPSA) is 67.9 Å². The molecular formula is C25H32N2O4. The summed E-state index contributed by atoms with van der Waals surface area (Å²) in [6, 6.07) is 16.9. The van der Waals surface area contributed by atoms with Crippen LogP contribution in [0.2, 0.25) is 0 Å². The number of carbonyl (C=O) groups excluding carboxylic acids is 2. The second-order valence-corrected chi connectivity index (χ2v) is 7.64. The minimum atomic E-state index is -0.598. The number of rotatable bonds is 11. The Bertz CT molecular complexity index is 840. The van der Waals surface area contributed by atoms with Crippen LogP contribution in [-0.4, -0.2) is 43.1 Å². The Morgan fingerprint density at radius 1 is 1.03 bits per heavy atom. The zero-order chi connectivity index (χ0) is 21.9.